The number of halogens is 3. The SMILES string of the molecule is Cc1cc(COc2ccc(F)cc2Cl)c(C)c(C2C(C#N)=C(N)N(c3cc(Cl)ccc3C)C3=C2C(=O)CCC3)c1. The van der Waals surface area contributed by atoms with Crippen molar-refractivity contribution in [3.8, 4) is 11.8 Å². The lowest BCUT2D eigenvalue weighted by Gasteiger charge is -2.40. The second-order valence-electron chi connectivity index (χ2n) is 10.2. The Bertz CT molecular complexity index is 1650. The molecule has 1 atom stereocenters. The lowest BCUT2D eigenvalue weighted by molar-refractivity contribution is -0.116. The number of Topliss-reactive ketones (excluding diaryl/α,β-unsaturated/α-hetero) is 1. The van der Waals surface area contributed by atoms with E-state index in [-0.39, 0.29) is 17.4 Å². The fraction of sp³-hybridized carbons (Fsp3) is 0.250. The van der Waals surface area contributed by atoms with Crippen LogP contribution in [0.3, 0.4) is 0 Å². The van der Waals surface area contributed by atoms with E-state index in [9.17, 15) is 14.4 Å². The van der Waals surface area contributed by atoms with Gasteiger partial charge in [0, 0.05) is 22.7 Å². The standard InChI is InChI=1S/C32H28Cl2FN3O2/c1-17-11-20(16-40-29-10-9-22(35)14-25(29)34)19(3)23(12-17)30-24(15-36)32(37)38(26-5-4-6-28(39)31(26)30)27-13-21(33)8-7-18(27)2/h7-14,30H,4-6,16,37H2,1-3H3. The molecular formula is C32H28Cl2FN3O2. The van der Waals surface area contributed by atoms with Gasteiger partial charge in [-0.05, 0) is 86.2 Å². The number of aryl methyl sites for hydroxylation is 2. The molecule has 5 rings (SSSR count). The molecule has 1 aliphatic carbocycles. The summed E-state index contributed by atoms with van der Waals surface area (Å²) >= 11 is 12.5. The third-order valence-corrected chi connectivity index (χ3v) is 8.14. The maximum Gasteiger partial charge on any atom is 0.161 e. The highest BCUT2D eigenvalue weighted by Crippen LogP contribution is 2.48. The first-order valence-electron chi connectivity index (χ1n) is 13.0. The number of hydrogen-bond donors (Lipinski definition) is 1. The summed E-state index contributed by atoms with van der Waals surface area (Å²) in [4.78, 5) is 15.5. The molecule has 0 aromatic heterocycles. The van der Waals surface area contributed by atoms with Gasteiger partial charge in [0.25, 0.3) is 0 Å². The first-order valence-corrected chi connectivity index (χ1v) is 13.8. The van der Waals surface area contributed by atoms with E-state index in [0.717, 1.165) is 39.2 Å². The van der Waals surface area contributed by atoms with E-state index < -0.39 is 11.7 Å². The highest BCUT2D eigenvalue weighted by Gasteiger charge is 2.41. The summed E-state index contributed by atoms with van der Waals surface area (Å²) in [6.45, 7) is 6.03. The fourth-order valence-corrected chi connectivity index (χ4v) is 6.05. The summed E-state index contributed by atoms with van der Waals surface area (Å²) < 4.78 is 19.5. The molecule has 1 unspecified atom stereocenters. The number of benzene rings is 3. The van der Waals surface area contributed by atoms with E-state index in [1.807, 2.05) is 49.9 Å². The van der Waals surface area contributed by atoms with Crippen molar-refractivity contribution in [3.63, 3.8) is 0 Å². The van der Waals surface area contributed by atoms with Crippen LogP contribution in [0.1, 0.15) is 53.0 Å². The summed E-state index contributed by atoms with van der Waals surface area (Å²) in [6.07, 6.45) is 1.74. The summed E-state index contributed by atoms with van der Waals surface area (Å²) in [6, 6.07) is 15.8. The molecule has 204 valence electrons. The van der Waals surface area contributed by atoms with Crippen molar-refractivity contribution in [2.24, 2.45) is 5.73 Å². The van der Waals surface area contributed by atoms with Crippen LogP contribution in [-0.4, -0.2) is 5.78 Å². The van der Waals surface area contributed by atoms with Gasteiger partial charge >= 0.3 is 0 Å². The first-order chi connectivity index (χ1) is 19.1. The minimum Gasteiger partial charge on any atom is -0.487 e. The summed E-state index contributed by atoms with van der Waals surface area (Å²) in [5.74, 6) is -0.391. The quantitative estimate of drug-likeness (QED) is 0.334. The van der Waals surface area contributed by atoms with Gasteiger partial charge in [-0.25, -0.2) is 4.39 Å². The molecule has 40 heavy (non-hydrogen) atoms. The third-order valence-electron chi connectivity index (χ3n) is 7.61. The summed E-state index contributed by atoms with van der Waals surface area (Å²) in [7, 11) is 0. The van der Waals surface area contributed by atoms with E-state index >= 15 is 0 Å². The van der Waals surface area contributed by atoms with Gasteiger partial charge in [-0.2, -0.15) is 5.26 Å². The number of carbonyl (C=O) groups excluding carboxylic acids is 1. The van der Waals surface area contributed by atoms with Crippen LogP contribution in [0.25, 0.3) is 0 Å². The van der Waals surface area contributed by atoms with Gasteiger partial charge in [0.15, 0.2) is 5.78 Å². The van der Waals surface area contributed by atoms with Crippen molar-refractivity contribution >= 4 is 34.7 Å². The number of nitrogens with zero attached hydrogens (tertiary/aromatic N) is 2. The number of anilines is 1. The topological polar surface area (TPSA) is 79.3 Å². The number of ketones is 1. The van der Waals surface area contributed by atoms with Crippen LogP contribution in [0.2, 0.25) is 10.0 Å². The Kier molecular flexibility index (Phi) is 7.63. The normalized spacial score (nSPS) is 17.2. The number of ether oxygens (including phenoxy) is 1. The number of rotatable bonds is 5. The van der Waals surface area contributed by atoms with Crippen LogP contribution in [0.5, 0.6) is 5.75 Å². The molecule has 1 heterocycles. The van der Waals surface area contributed by atoms with Crippen LogP contribution in [0, 0.1) is 37.9 Å². The van der Waals surface area contributed by atoms with Crippen molar-refractivity contribution in [2.75, 3.05) is 4.90 Å². The third kappa shape index (κ3) is 4.96. The first kappa shape index (κ1) is 27.8. The van der Waals surface area contributed by atoms with Crippen molar-refractivity contribution < 1.29 is 13.9 Å². The predicted octanol–water partition coefficient (Wildman–Crippen LogP) is 7.94. The Balaban J connectivity index is 1.65. The average molecular weight is 576 g/mol. The molecule has 0 saturated heterocycles. The average Bonchev–Trinajstić information content (AvgIpc) is 2.91. The Morgan fingerprint density at radius 3 is 2.60 bits per heavy atom. The van der Waals surface area contributed by atoms with E-state index in [0.29, 0.717) is 47.0 Å². The highest BCUT2D eigenvalue weighted by molar-refractivity contribution is 6.32. The molecule has 8 heteroatoms. The molecule has 1 aliphatic heterocycles. The molecule has 3 aromatic carbocycles. The molecule has 2 N–H and O–H groups in total. The van der Waals surface area contributed by atoms with Crippen LogP contribution in [-0.2, 0) is 11.4 Å². The van der Waals surface area contributed by atoms with Crippen molar-refractivity contribution in [2.45, 2.75) is 52.6 Å². The molecule has 0 fully saturated rings. The van der Waals surface area contributed by atoms with E-state index in [1.165, 1.54) is 18.2 Å². The molecule has 0 saturated carbocycles. The lowest BCUT2D eigenvalue weighted by Crippen LogP contribution is -2.39. The zero-order valence-corrected chi connectivity index (χ0v) is 24.0. The number of hydrogen-bond acceptors (Lipinski definition) is 5. The zero-order valence-electron chi connectivity index (χ0n) is 22.4. The van der Waals surface area contributed by atoms with Crippen molar-refractivity contribution in [3.05, 3.63) is 115 Å². The minimum absolute atomic E-state index is 0.00739. The van der Waals surface area contributed by atoms with E-state index in [1.54, 1.807) is 6.07 Å². The zero-order chi connectivity index (χ0) is 28.7. The monoisotopic (exact) mass is 575 g/mol. The number of nitrogens with two attached hydrogens (primary N) is 1. The van der Waals surface area contributed by atoms with Gasteiger partial charge < -0.3 is 10.5 Å². The van der Waals surface area contributed by atoms with Crippen molar-refractivity contribution in [1.82, 2.24) is 0 Å². The molecule has 3 aromatic rings. The summed E-state index contributed by atoms with van der Waals surface area (Å²) in [5, 5.41) is 11.2. The highest BCUT2D eigenvalue weighted by atomic mass is 35.5. The van der Waals surface area contributed by atoms with Gasteiger partial charge in [-0.15, -0.1) is 0 Å². The van der Waals surface area contributed by atoms with Gasteiger partial charge in [0.05, 0.1) is 28.3 Å². The minimum atomic E-state index is -0.614. The second kappa shape index (κ2) is 11.0. The van der Waals surface area contributed by atoms with Crippen LogP contribution < -0.4 is 15.4 Å². The maximum atomic E-state index is 13.6. The molecule has 0 amide bonds. The Hall–Kier alpha value is -3.79. The maximum absolute atomic E-state index is 13.6. The van der Waals surface area contributed by atoms with Crippen LogP contribution in [0.15, 0.2) is 71.2 Å². The van der Waals surface area contributed by atoms with Crippen LogP contribution in [0.4, 0.5) is 10.1 Å². The number of nitriles is 1. The van der Waals surface area contributed by atoms with Gasteiger partial charge in [0.2, 0.25) is 0 Å². The lowest BCUT2D eigenvalue weighted by atomic mass is 9.73. The van der Waals surface area contributed by atoms with Gasteiger partial charge in [-0.1, -0.05) is 47.0 Å². The molecular weight excluding hydrogens is 548 g/mol. The van der Waals surface area contributed by atoms with Crippen LogP contribution >= 0.6 is 23.2 Å². The molecule has 0 radical (unpaired) electrons. The Labute approximate surface area is 243 Å². The number of carbonyl (C=O) groups is 1. The molecule has 0 bridgehead atoms. The largest absolute Gasteiger partial charge is 0.487 e. The summed E-state index contributed by atoms with van der Waals surface area (Å²) in [5.41, 5.74) is 13.7. The van der Waals surface area contributed by atoms with Gasteiger partial charge in [0.1, 0.15) is 24.0 Å². The predicted molar refractivity (Wildman–Crippen MR) is 156 cm³/mol. The van der Waals surface area contributed by atoms with Gasteiger partial charge in [-0.3, -0.25) is 9.69 Å². The molecule has 2 aliphatic rings. The fourth-order valence-electron chi connectivity index (χ4n) is 5.66. The number of allylic oxidation sites excluding steroid dienone is 3. The van der Waals surface area contributed by atoms with Crippen molar-refractivity contribution in [1.29, 1.82) is 5.26 Å². The molecule has 5 nitrogen and oxygen atoms in total. The van der Waals surface area contributed by atoms with E-state index in [4.69, 9.17) is 33.7 Å². The Morgan fingerprint density at radius 2 is 1.88 bits per heavy atom. The molecule has 0 spiro atoms. The van der Waals surface area contributed by atoms with E-state index in [2.05, 4.69) is 6.07 Å². The smallest absolute Gasteiger partial charge is 0.161 e. The second-order valence-corrected chi connectivity index (χ2v) is 11.1. The Morgan fingerprint density at radius 1 is 1.10 bits per heavy atom.